The lowest BCUT2D eigenvalue weighted by atomic mass is 9.68. The van der Waals surface area contributed by atoms with Gasteiger partial charge in [-0.05, 0) is 55.7 Å². The third-order valence-electron chi connectivity index (χ3n) is 5.93. The molecular formula is C19H23ClN2O3. The lowest BCUT2D eigenvalue weighted by molar-refractivity contribution is -0.142. The van der Waals surface area contributed by atoms with Crippen LogP contribution in [0, 0.1) is 12.8 Å². The minimum absolute atomic E-state index is 0.0244. The Morgan fingerprint density at radius 1 is 1.32 bits per heavy atom. The summed E-state index contributed by atoms with van der Waals surface area (Å²) < 4.78 is 4.98. The number of amides is 2. The first-order valence-corrected chi connectivity index (χ1v) is 9.33. The average molecular weight is 363 g/mol. The molecule has 134 valence electrons. The normalized spacial score (nSPS) is 29.3. The van der Waals surface area contributed by atoms with Gasteiger partial charge in [-0.3, -0.25) is 4.79 Å². The molecule has 0 bridgehead atoms. The molecule has 1 aromatic carbocycles. The van der Waals surface area contributed by atoms with Gasteiger partial charge < -0.3 is 15.0 Å². The molecule has 1 N–H and O–H groups in total. The Bertz CT molecular complexity index is 707. The number of ether oxygens (including phenoxy) is 1. The molecule has 1 aromatic rings. The Kier molecular flexibility index (Phi) is 4.14. The summed E-state index contributed by atoms with van der Waals surface area (Å²) in [5.74, 6) is 0.754. The van der Waals surface area contributed by atoms with Crippen molar-refractivity contribution in [1.29, 1.82) is 0 Å². The highest BCUT2D eigenvalue weighted by Crippen LogP contribution is 2.42. The summed E-state index contributed by atoms with van der Waals surface area (Å²) in [6, 6.07) is 6.24. The second-order valence-electron chi connectivity index (χ2n) is 7.69. The fourth-order valence-corrected chi connectivity index (χ4v) is 4.50. The molecule has 6 heteroatoms. The van der Waals surface area contributed by atoms with Crippen molar-refractivity contribution < 1.29 is 14.3 Å². The summed E-state index contributed by atoms with van der Waals surface area (Å²) in [5, 5.41) is 3.65. The molecule has 2 heterocycles. The number of nitrogens with zero attached hydrogens (tertiary/aromatic N) is 1. The molecule has 0 aromatic heterocycles. The number of alkyl carbamates (subject to hydrolysis) is 1. The molecule has 0 atom stereocenters. The first-order chi connectivity index (χ1) is 12.0. The summed E-state index contributed by atoms with van der Waals surface area (Å²) >= 11 is 6.11. The van der Waals surface area contributed by atoms with Gasteiger partial charge in [-0.2, -0.15) is 0 Å². The number of carbonyl (C=O) groups excluding carboxylic acids is 2. The van der Waals surface area contributed by atoms with Crippen LogP contribution in [0.5, 0.6) is 0 Å². The average Bonchev–Trinajstić information content (AvgIpc) is 2.98. The monoisotopic (exact) mass is 362 g/mol. The highest BCUT2D eigenvalue weighted by atomic mass is 35.5. The minimum Gasteiger partial charge on any atom is -0.447 e. The van der Waals surface area contributed by atoms with Crippen LogP contribution in [0.25, 0.3) is 0 Å². The van der Waals surface area contributed by atoms with E-state index < -0.39 is 0 Å². The fraction of sp³-hybridized carbons (Fsp3) is 0.579. The van der Waals surface area contributed by atoms with Crippen LogP contribution in [0.1, 0.15) is 42.7 Å². The van der Waals surface area contributed by atoms with Gasteiger partial charge in [-0.25, -0.2) is 4.79 Å². The number of rotatable bonds is 2. The Hall–Kier alpha value is -1.75. The summed E-state index contributed by atoms with van der Waals surface area (Å²) in [4.78, 5) is 25.9. The molecule has 2 saturated heterocycles. The van der Waals surface area contributed by atoms with Gasteiger partial charge in [0.2, 0.25) is 5.91 Å². The maximum atomic E-state index is 12.7. The Labute approximate surface area is 152 Å². The van der Waals surface area contributed by atoms with Gasteiger partial charge in [0.1, 0.15) is 6.61 Å². The SMILES string of the molecule is Cc1cc(C2CCN(C(=O)[C@H]3C[C@]4(COC(=O)N4)C3)CC2)ccc1Cl. The van der Waals surface area contributed by atoms with Crippen molar-refractivity contribution in [2.75, 3.05) is 19.7 Å². The number of benzene rings is 1. The molecule has 0 unspecified atom stereocenters. The van der Waals surface area contributed by atoms with Crippen molar-refractivity contribution in [3.8, 4) is 0 Å². The topological polar surface area (TPSA) is 58.6 Å². The van der Waals surface area contributed by atoms with Crippen molar-refractivity contribution in [2.45, 2.75) is 44.1 Å². The summed E-state index contributed by atoms with van der Waals surface area (Å²) in [6.45, 7) is 4.03. The van der Waals surface area contributed by atoms with Gasteiger partial charge >= 0.3 is 6.09 Å². The molecule has 4 rings (SSSR count). The first kappa shape index (κ1) is 16.7. The molecule has 2 aliphatic heterocycles. The van der Waals surface area contributed by atoms with Gasteiger partial charge in [0, 0.05) is 24.0 Å². The number of likely N-dealkylation sites (tertiary alicyclic amines) is 1. The number of nitrogens with one attached hydrogen (secondary N) is 1. The lowest BCUT2D eigenvalue weighted by Gasteiger charge is -2.45. The third-order valence-corrected chi connectivity index (χ3v) is 6.35. The molecule has 2 amide bonds. The molecule has 3 aliphatic rings. The van der Waals surface area contributed by atoms with Gasteiger partial charge in [-0.1, -0.05) is 23.7 Å². The van der Waals surface area contributed by atoms with E-state index in [1.54, 1.807) is 0 Å². The van der Waals surface area contributed by atoms with Crippen LogP contribution < -0.4 is 5.32 Å². The van der Waals surface area contributed by atoms with E-state index in [2.05, 4.69) is 17.4 Å². The highest BCUT2D eigenvalue weighted by Gasteiger charge is 2.53. The Morgan fingerprint density at radius 3 is 2.64 bits per heavy atom. The molecule has 1 spiro atoms. The molecule has 5 nitrogen and oxygen atoms in total. The second kappa shape index (κ2) is 6.20. The van der Waals surface area contributed by atoms with E-state index in [9.17, 15) is 9.59 Å². The van der Waals surface area contributed by atoms with E-state index in [4.69, 9.17) is 16.3 Å². The van der Waals surface area contributed by atoms with E-state index in [-0.39, 0.29) is 23.5 Å². The lowest BCUT2D eigenvalue weighted by Crippen LogP contribution is -2.58. The van der Waals surface area contributed by atoms with Crippen LogP contribution in [-0.2, 0) is 9.53 Å². The van der Waals surface area contributed by atoms with Crippen molar-refractivity contribution >= 4 is 23.6 Å². The molecule has 25 heavy (non-hydrogen) atoms. The summed E-state index contributed by atoms with van der Waals surface area (Å²) in [5.41, 5.74) is 2.15. The molecule has 1 aliphatic carbocycles. The van der Waals surface area contributed by atoms with Crippen molar-refractivity contribution in [2.24, 2.45) is 5.92 Å². The Balaban J connectivity index is 1.31. The highest BCUT2D eigenvalue weighted by molar-refractivity contribution is 6.31. The number of hydrogen-bond acceptors (Lipinski definition) is 3. The predicted molar refractivity (Wildman–Crippen MR) is 94.7 cm³/mol. The second-order valence-corrected chi connectivity index (χ2v) is 8.10. The van der Waals surface area contributed by atoms with Gasteiger partial charge in [0.15, 0.2) is 0 Å². The number of cyclic esters (lactones) is 1. The fourth-order valence-electron chi connectivity index (χ4n) is 4.38. The van der Waals surface area contributed by atoms with Crippen LogP contribution in [-0.4, -0.2) is 42.1 Å². The largest absolute Gasteiger partial charge is 0.447 e. The van der Waals surface area contributed by atoms with Gasteiger partial charge in [0.25, 0.3) is 0 Å². The number of carbonyl (C=O) groups is 2. The van der Waals surface area contributed by atoms with Crippen molar-refractivity contribution in [1.82, 2.24) is 10.2 Å². The summed E-state index contributed by atoms with van der Waals surface area (Å²) in [7, 11) is 0. The molecule has 3 fully saturated rings. The third kappa shape index (κ3) is 3.10. The van der Waals surface area contributed by atoms with E-state index >= 15 is 0 Å². The van der Waals surface area contributed by atoms with Crippen LogP contribution in [0.15, 0.2) is 18.2 Å². The zero-order valence-electron chi connectivity index (χ0n) is 14.4. The van der Waals surface area contributed by atoms with Crippen molar-refractivity contribution in [3.63, 3.8) is 0 Å². The number of halogens is 1. The standard InChI is InChI=1S/C19H23ClN2O3/c1-12-8-14(2-3-16(12)20)13-4-6-22(7-5-13)17(23)15-9-19(10-15)11-25-18(24)21-19/h2-3,8,13,15H,4-7,9-11H2,1H3,(H,21,24)/t15-,19+. The predicted octanol–water partition coefficient (Wildman–Crippen LogP) is 3.24. The number of hydrogen-bond donors (Lipinski definition) is 1. The Morgan fingerprint density at radius 2 is 2.04 bits per heavy atom. The van der Waals surface area contributed by atoms with Gasteiger partial charge in [-0.15, -0.1) is 0 Å². The quantitative estimate of drug-likeness (QED) is 0.878. The zero-order valence-corrected chi connectivity index (χ0v) is 15.1. The smallest absolute Gasteiger partial charge is 0.407 e. The maximum Gasteiger partial charge on any atom is 0.407 e. The molecule has 1 saturated carbocycles. The van der Waals surface area contributed by atoms with E-state index in [0.717, 1.165) is 36.5 Å². The zero-order chi connectivity index (χ0) is 17.6. The summed E-state index contributed by atoms with van der Waals surface area (Å²) in [6.07, 6.45) is 3.03. The van der Waals surface area contributed by atoms with Crippen LogP contribution in [0.2, 0.25) is 5.02 Å². The van der Waals surface area contributed by atoms with Crippen molar-refractivity contribution in [3.05, 3.63) is 34.3 Å². The first-order valence-electron chi connectivity index (χ1n) is 8.96. The van der Waals surface area contributed by atoms with Crippen LogP contribution in [0.4, 0.5) is 4.79 Å². The van der Waals surface area contributed by atoms with E-state index in [0.29, 0.717) is 25.4 Å². The van der Waals surface area contributed by atoms with Gasteiger partial charge in [0.05, 0.1) is 5.54 Å². The number of piperidine rings is 1. The van der Waals surface area contributed by atoms with Crippen LogP contribution in [0.3, 0.4) is 0 Å². The molecular weight excluding hydrogens is 340 g/mol. The van der Waals surface area contributed by atoms with E-state index in [1.807, 2.05) is 17.9 Å². The number of aryl methyl sites for hydroxylation is 1. The molecule has 0 radical (unpaired) electrons. The van der Waals surface area contributed by atoms with Crippen LogP contribution >= 0.6 is 11.6 Å². The minimum atomic E-state index is -0.357. The maximum absolute atomic E-state index is 12.7. The van der Waals surface area contributed by atoms with E-state index in [1.165, 1.54) is 5.56 Å².